The maximum atomic E-state index is 11.6. The SMILES string of the molecule is CN(C)CCC[C@@]1(O)c2ccccc2C=Cc2ccc(O)cc21. The Morgan fingerprint density at radius 1 is 0.957 bits per heavy atom. The molecule has 3 rings (SSSR count). The highest BCUT2D eigenvalue weighted by atomic mass is 16.3. The highest BCUT2D eigenvalue weighted by molar-refractivity contribution is 5.77. The van der Waals surface area contributed by atoms with Crippen molar-refractivity contribution in [3.8, 4) is 5.75 Å². The van der Waals surface area contributed by atoms with Crippen molar-refractivity contribution >= 4 is 12.2 Å². The van der Waals surface area contributed by atoms with Crippen LogP contribution < -0.4 is 0 Å². The molecule has 0 unspecified atom stereocenters. The van der Waals surface area contributed by atoms with E-state index in [-0.39, 0.29) is 5.75 Å². The zero-order valence-corrected chi connectivity index (χ0v) is 13.7. The van der Waals surface area contributed by atoms with Crippen LogP contribution in [-0.4, -0.2) is 35.8 Å². The molecule has 2 aromatic carbocycles. The number of phenolic OH excluding ortho intramolecular Hbond substituents is 1. The second-order valence-corrected chi connectivity index (χ2v) is 6.46. The minimum atomic E-state index is -1.09. The molecule has 0 bridgehead atoms. The van der Waals surface area contributed by atoms with Gasteiger partial charge in [-0.1, -0.05) is 42.5 Å². The van der Waals surface area contributed by atoms with E-state index in [4.69, 9.17) is 0 Å². The summed E-state index contributed by atoms with van der Waals surface area (Å²) in [5.74, 6) is 0.183. The molecule has 2 aromatic rings. The van der Waals surface area contributed by atoms with Crippen LogP contribution in [0.4, 0.5) is 0 Å². The summed E-state index contributed by atoms with van der Waals surface area (Å²) < 4.78 is 0. The van der Waals surface area contributed by atoms with Crippen LogP contribution in [0.2, 0.25) is 0 Å². The molecule has 1 aliphatic rings. The molecule has 2 N–H and O–H groups in total. The van der Waals surface area contributed by atoms with E-state index < -0.39 is 5.60 Å². The molecule has 23 heavy (non-hydrogen) atoms. The molecule has 0 saturated carbocycles. The first-order chi connectivity index (χ1) is 11.0. The number of hydrogen-bond acceptors (Lipinski definition) is 3. The molecule has 1 aliphatic carbocycles. The highest BCUT2D eigenvalue weighted by Crippen LogP contribution is 2.42. The van der Waals surface area contributed by atoms with E-state index in [1.165, 1.54) is 0 Å². The molecule has 0 amide bonds. The second-order valence-electron chi connectivity index (χ2n) is 6.46. The monoisotopic (exact) mass is 309 g/mol. The fourth-order valence-electron chi connectivity index (χ4n) is 3.31. The molecular formula is C20H23NO2. The van der Waals surface area contributed by atoms with Gasteiger partial charge in [0.25, 0.3) is 0 Å². The van der Waals surface area contributed by atoms with Gasteiger partial charge < -0.3 is 15.1 Å². The van der Waals surface area contributed by atoms with Gasteiger partial charge >= 0.3 is 0 Å². The van der Waals surface area contributed by atoms with E-state index in [9.17, 15) is 10.2 Å². The largest absolute Gasteiger partial charge is 0.508 e. The lowest BCUT2D eigenvalue weighted by atomic mass is 9.80. The van der Waals surface area contributed by atoms with Crippen molar-refractivity contribution in [3.05, 3.63) is 64.7 Å². The van der Waals surface area contributed by atoms with Crippen LogP contribution in [-0.2, 0) is 5.60 Å². The molecule has 3 nitrogen and oxygen atoms in total. The van der Waals surface area contributed by atoms with Gasteiger partial charge in [0, 0.05) is 0 Å². The Bertz CT molecular complexity index is 736. The Balaban J connectivity index is 2.12. The zero-order valence-electron chi connectivity index (χ0n) is 13.7. The second kappa shape index (κ2) is 6.19. The highest BCUT2D eigenvalue weighted by Gasteiger charge is 2.35. The quantitative estimate of drug-likeness (QED) is 0.909. The maximum Gasteiger partial charge on any atom is 0.116 e. The Hall–Kier alpha value is -2.10. The molecule has 1 atom stereocenters. The molecule has 0 saturated heterocycles. The molecule has 0 aliphatic heterocycles. The average molecular weight is 309 g/mol. The first-order valence-electron chi connectivity index (χ1n) is 7.99. The number of phenols is 1. The maximum absolute atomic E-state index is 11.6. The minimum absolute atomic E-state index is 0.183. The van der Waals surface area contributed by atoms with E-state index in [0.717, 1.165) is 35.2 Å². The van der Waals surface area contributed by atoms with E-state index in [0.29, 0.717) is 6.42 Å². The van der Waals surface area contributed by atoms with Crippen molar-refractivity contribution in [1.29, 1.82) is 0 Å². The Morgan fingerprint density at radius 2 is 1.65 bits per heavy atom. The average Bonchev–Trinajstić information content (AvgIpc) is 2.64. The summed E-state index contributed by atoms with van der Waals surface area (Å²) in [4.78, 5) is 2.12. The Kier molecular flexibility index (Phi) is 4.24. The summed E-state index contributed by atoms with van der Waals surface area (Å²) in [6, 6.07) is 13.2. The van der Waals surface area contributed by atoms with Crippen LogP contribution in [0, 0.1) is 0 Å². The number of fused-ring (bicyclic) bond motifs is 2. The number of hydrogen-bond donors (Lipinski definition) is 2. The predicted molar refractivity (Wildman–Crippen MR) is 94.3 cm³/mol. The summed E-state index contributed by atoms with van der Waals surface area (Å²) >= 11 is 0. The normalized spacial score (nSPS) is 19.3. The van der Waals surface area contributed by atoms with Crippen molar-refractivity contribution in [2.75, 3.05) is 20.6 Å². The molecule has 0 heterocycles. The van der Waals surface area contributed by atoms with Crippen LogP contribution in [0.3, 0.4) is 0 Å². The van der Waals surface area contributed by atoms with Crippen LogP contribution in [0.15, 0.2) is 42.5 Å². The summed E-state index contributed by atoms with van der Waals surface area (Å²) in [7, 11) is 4.07. The Morgan fingerprint density at radius 3 is 2.39 bits per heavy atom. The molecule has 0 spiro atoms. The van der Waals surface area contributed by atoms with Crippen molar-refractivity contribution in [2.45, 2.75) is 18.4 Å². The van der Waals surface area contributed by atoms with Crippen molar-refractivity contribution in [1.82, 2.24) is 4.90 Å². The number of nitrogens with zero attached hydrogens (tertiary/aromatic N) is 1. The summed E-state index contributed by atoms with van der Waals surface area (Å²) in [5.41, 5.74) is 2.56. The van der Waals surface area contributed by atoms with Gasteiger partial charge in [-0.3, -0.25) is 0 Å². The van der Waals surface area contributed by atoms with Gasteiger partial charge in [-0.2, -0.15) is 0 Å². The molecule has 0 fully saturated rings. The van der Waals surface area contributed by atoms with Crippen LogP contribution >= 0.6 is 0 Å². The fraction of sp³-hybridized carbons (Fsp3) is 0.300. The number of benzene rings is 2. The first-order valence-corrected chi connectivity index (χ1v) is 7.99. The van der Waals surface area contributed by atoms with E-state index >= 15 is 0 Å². The third-order valence-corrected chi connectivity index (χ3v) is 4.48. The van der Waals surface area contributed by atoms with Crippen LogP contribution in [0.5, 0.6) is 5.75 Å². The minimum Gasteiger partial charge on any atom is -0.508 e. The smallest absolute Gasteiger partial charge is 0.116 e. The molecular weight excluding hydrogens is 286 g/mol. The van der Waals surface area contributed by atoms with Crippen LogP contribution in [0.25, 0.3) is 12.2 Å². The van der Waals surface area contributed by atoms with Gasteiger partial charge in [0.05, 0.1) is 0 Å². The van der Waals surface area contributed by atoms with Gasteiger partial charge in [-0.15, -0.1) is 0 Å². The third-order valence-electron chi connectivity index (χ3n) is 4.48. The van der Waals surface area contributed by atoms with E-state index in [2.05, 4.69) is 4.90 Å². The van der Waals surface area contributed by atoms with Gasteiger partial charge in [0.1, 0.15) is 11.4 Å². The number of aliphatic hydroxyl groups is 1. The van der Waals surface area contributed by atoms with Gasteiger partial charge in [-0.25, -0.2) is 0 Å². The zero-order chi connectivity index (χ0) is 16.4. The standard InChI is InChI=1S/C20H23NO2/c1-21(2)13-5-12-20(23)18-7-4-3-6-15(18)8-9-16-10-11-17(22)14-19(16)20/h3-4,6-11,14,22-23H,5,12-13H2,1-2H3/t20-/m1/s1. The predicted octanol–water partition coefficient (Wildman–Crippen LogP) is 3.45. The topological polar surface area (TPSA) is 43.7 Å². The van der Waals surface area contributed by atoms with Gasteiger partial charge in [0.15, 0.2) is 0 Å². The summed E-state index contributed by atoms with van der Waals surface area (Å²) in [5, 5.41) is 21.6. The fourth-order valence-corrected chi connectivity index (χ4v) is 3.31. The van der Waals surface area contributed by atoms with Crippen molar-refractivity contribution in [2.24, 2.45) is 0 Å². The first kappa shape index (κ1) is 15.8. The molecule has 0 radical (unpaired) electrons. The van der Waals surface area contributed by atoms with E-state index in [1.54, 1.807) is 12.1 Å². The lowest BCUT2D eigenvalue weighted by molar-refractivity contribution is 0.0661. The molecule has 3 heteroatoms. The Labute approximate surface area is 137 Å². The van der Waals surface area contributed by atoms with Crippen molar-refractivity contribution in [3.63, 3.8) is 0 Å². The summed E-state index contributed by atoms with van der Waals surface area (Å²) in [6.07, 6.45) is 5.53. The van der Waals surface area contributed by atoms with Gasteiger partial charge in [0.2, 0.25) is 0 Å². The van der Waals surface area contributed by atoms with Gasteiger partial charge in [-0.05, 0) is 67.9 Å². The number of rotatable bonds is 4. The van der Waals surface area contributed by atoms with Crippen molar-refractivity contribution < 1.29 is 10.2 Å². The summed E-state index contributed by atoms with van der Waals surface area (Å²) in [6.45, 7) is 0.909. The van der Waals surface area contributed by atoms with Crippen LogP contribution in [0.1, 0.15) is 35.1 Å². The molecule has 120 valence electrons. The third kappa shape index (κ3) is 3.03. The number of aromatic hydroxyl groups is 1. The van der Waals surface area contributed by atoms with E-state index in [1.807, 2.05) is 56.6 Å². The lowest BCUT2D eigenvalue weighted by Gasteiger charge is -2.31. The molecule has 0 aromatic heterocycles. The lowest BCUT2D eigenvalue weighted by Crippen LogP contribution is -2.30.